The van der Waals surface area contributed by atoms with E-state index in [0.29, 0.717) is 18.2 Å². The lowest BCUT2D eigenvalue weighted by Crippen LogP contribution is -2.49. The van der Waals surface area contributed by atoms with Gasteiger partial charge >= 0.3 is 0 Å². The monoisotopic (exact) mass is 199 g/mol. The standard InChI is InChI=1S/C11H21NO2/c1-13-11-7-10(8-11)12-9-3-2-5-14-6-4-9/h9-12H,2-8H2,1H3. The molecule has 0 amide bonds. The van der Waals surface area contributed by atoms with Crippen LogP contribution in [0.25, 0.3) is 0 Å². The molecule has 2 fully saturated rings. The fourth-order valence-corrected chi connectivity index (χ4v) is 2.30. The van der Waals surface area contributed by atoms with E-state index >= 15 is 0 Å². The molecule has 1 saturated carbocycles. The minimum Gasteiger partial charge on any atom is -0.381 e. The van der Waals surface area contributed by atoms with E-state index in [1.54, 1.807) is 7.11 Å². The Balaban J connectivity index is 1.64. The highest BCUT2D eigenvalue weighted by molar-refractivity contribution is 4.88. The second kappa shape index (κ2) is 5.10. The van der Waals surface area contributed by atoms with Crippen molar-refractivity contribution in [1.29, 1.82) is 0 Å². The van der Waals surface area contributed by atoms with Crippen molar-refractivity contribution in [3.63, 3.8) is 0 Å². The fraction of sp³-hybridized carbons (Fsp3) is 1.00. The number of hydrogen-bond donors (Lipinski definition) is 1. The molecule has 1 N–H and O–H groups in total. The van der Waals surface area contributed by atoms with Gasteiger partial charge in [0.1, 0.15) is 0 Å². The van der Waals surface area contributed by atoms with E-state index in [4.69, 9.17) is 9.47 Å². The van der Waals surface area contributed by atoms with Gasteiger partial charge in [0.15, 0.2) is 0 Å². The highest BCUT2D eigenvalue weighted by Crippen LogP contribution is 2.24. The van der Waals surface area contributed by atoms with Crippen molar-refractivity contribution in [2.45, 2.75) is 50.3 Å². The maximum atomic E-state index is 5.44. The SMILES string of the molecule is COC1CC(NC2CCCOCC2)C1. The quantitative estimate of drug-likeness (QED) is 0.743. The van der Waals surface area contributed by atoms with Crippen molar-refractivity contribution in [2.24, 2.45) is 0 Å². The third-order valence-electron chi connectivity index (χ3n) is 3.35. The van der Waals surface area contributed by atoms with Crippen LogP contribution in [-0.4, -0.2) is 38.5 Å². The predicted octanol–water partition coefficient (Wildman–Crippen LogP) is 1.32. The number of hydrogen-bond acceptors (Lipinski definition) is 3. The molecule has 14 heavy (non-hydrogen) atoms. The molecule has 1 heterocycles. The van der Waals surface area contributed by atoms with Crippen LogP contribution >= 0.6 is 0 Å². The molecule has 1 unspecified atom stereocenters. The molecule has 1 aliphatic heterocycles. The average Bonchev–Trinajstić information content (AvgIpc) is 2.38. The zero-order valence-corrected chi connectivity index (χ0v) is 9.00. The van der Waals surface area contributed by atoms with Gasteiger partial charge < -0.3 is 14.8 Å². The summed E-state index contributed by atoms with van der Waals surface area (Å²) in [6.45, 7) is 1.88. The minimum absolute atomic E-state index is 0.509. The van der Waals surface area contributed by atoms with Gasteiger partial charge in [-0.15, -0.1) is 0 Å². The molecule has 1 atom stereocenters. The number of nitrogens with one attached hydrogen (secondary N) is 1. The van der Waals surface area contributed by atoms with Gasteiger partial charge in [-0.25, -0.2) is 0 Å². The van der Waals surface area contributed by atoms with Gasteiger partial charge in [0.2, 0.25) is 0 Å². The van der Waals surface area contributed by atoms with E-state index in [-0.39, 0.29) is 0 Å². The Hall–Kier alpha value is -0.120. The zero-order valence-electron chi connectivity index (χ0n) is 9.00. The molecule has 0 radical (unpaired) electrons. The van der Waals surface area contributed by atoms with Crippen molar-refractivity contribution < 1.29 is 9.47 Å². The maximum Gasteiger partial charge on any atom is 0.0601 e. The molecule has 1 saturated heterocycles. The van der Waals surface area contributed by atoms with Gasteiger partial charge in [-0.3, -0.25) is 0 Å². The van der Waals surface area contributed by atoms with Crippen molar-refractivity contribution in [2.75, 3.05) is 20.3 Å². The van der Waals surface area contributed by atoms with Crippen LogP contribution in [0, 0.1) is 0 Å². The molecule has 82 valence electrons. The Morgan fingerprint density at radius 2 is 2.00 bits per heavy atom. The first-order valence-electron chi connectivity index (χ1n) is 5.75. The van der Waals surface area contributed by atoms with Crippen LogP contribution in [0.15, 0.2) is 0 Å². The summed E-state index contributed by atoms with van der Waals surface area (Å²) in [6, 6.07) is 1.38. The maximum absolute atomic E-state index is 5.44. The number of rotatable bonds is 3. The molecule has 0 aromatic carbocycles. The number of ether oxygens (including phenoxy) is 2. The van der Waals surface area contributed by atoms with Gasteiger partial charge in [-0.1, -0.05) is 0 Å². The topological polar surface area (TPSA) is 30.5 Å². The molecule has 3 nitrogen and oxygen atoms in total. The molecule has 0 aromatic rings. The van der Waals surface area contributed by atoms with Crippen LogP contribution in [0.3, 0.4) is 0 Å². The molecule has 2 rings (SSSR count). The normalized spacial score (nSPS) is 38.8. The molecule has 0 bridgehead atoms. The highest BCUT2D eigenvalue weighted by Gasteiger charge is 2.30. The van der Waals surface area contributed by atoms with Crippen molar-refractivity contribution in [3.05, 3.63) is 0 Å². The predicted molar refractivity (Wildman–Crippen MR) is 55.4 cm³/mol. The summed E-state index contributed by atoms with van der Waals surface area (Å²) in [5.41, 5.74) is 0. The molecule has 1 aliphatic carbocycles. The average molecular weight is 199 g/mol. The molecule has 3 heteroatoms. The lowest BCUT2D eigenvalue weighted by Gasteiger charge is -2.37. The summed E-state index contributed by atoms with van der Waals surface area (Å²) in [6.07, 6.45) is 6.54. The Bertz CT molecular complexity index is 161. The van der Waals surface area contributed by atoms with Gasteiger partial charge in [0.05, 0.1) is 6.10 Å². The second-order valence-electron chi connectivity index (χ2n) is 4.43. The third-order valence-corrected chi connectivity index (χ3v) is 3.35. The van der Waals surface area contributed by atoms with Gasteiger partial charge in [0.25, 0.3) is 0 Å². The fourth-order valence-electron chi connectivity index (χ4n) is 2.30. The second-order valence-corrected chi connectivity index (χ2v) is 4.43. The van der Waals surface area contributed by atoms with Gasteiger partial charge in [0, 0.05) is 32.4 Å². The van der Waals surface area contributed by atoms with Crippen molar-refractivity contribution in [3.8, 4) is 0 Å². The van der Waals surface area contributed by atoms with E-state index in [1.165, 1.54) is 32.1 Å². The van der Waals surface area contributed by atoms with E-state index in [2.05, 4.69) is 5.32 Å². The minimum atomic E-state index is 0.509. The smallest absolute Gasteiger partial charge is 0.0601 e. The van der Waals surface area contributed by atoms with E-state index in [0.717, 1.165) is 13.2 Å². The van der Waals surface area contributed by atoms with Gasteiger partial charge in [-0.05, 0) is 32.1 Å². The summed E-state index contributed by atoms with van der Waals surface area (Å²) < 4.78 is 10.7. The van der Waals surface area contributed by atoms with Crippen LogP contribution in [0.4, 0.5) is 0 Å². The Kier molecular flexibility index (Phi) is 3.79. The first-order chi connectivity index (χ1) is 6.88. The molecule has 0 aromatic heterocycles. The number of methoxy groups -OCH3 is 1. The zero-order chi connectivity index (χ0) is 9.80. The summed E-state index contributed by atoms with van der Waals surface area (Å²) in [5.74, 6) is 0. The highest BCUT2D eigenvalue weighted by atomic mass is 16.5. The molecule has 2 aliphatic rings. The Morgan fingerprint density at radius 1 is 1.14 bits per heavy atom. The lowest BCUT2D eigenvalue weighted by atomic mass is 9.88. The first-order valence-corrected chi connectivity index (χ1v) is 5.75. The molecular weight excluding hydrogens is 178 g/mol. The largest absolute Gasteiger partial charge is 0.381 e. The van der Waals surface area contributed by atoms with Crippen LogP contribution < -0.4 is 5.32 Å². The Labute approximate surface area is 86.2 Å². The van der Waals surface area contributed by atoms with Gasteiger partial charge in [-0.2, -0.15) is 0 Å². The summed E-state index contributed by atoms with van der Waals surface area (Å²) >= 11 is 0. The lowest BCUT2D eigenvalue weighted by molar-refractivity contribution is 0.0134. The summed E-state index contributed by atoms with van der Waals surface area (Å²) in [7, 11) is 1.81. The Morgan fingerprint density at radius 3 is 2.79 bits per heavy atom. The molecular formula is C11H21NO2. The summed E-state index contributed by atoms with van der Waals surface area (Å²) in [5, 5.41) is 3.70. The van der Waals surface area contributed by atoms with Crippen LogP contribution in [0.1, 0.15) is 32.1 Å². The molecule has 0 spiro atoms. The summed E-state index contributed by atoms with van der Waals surface area (Å²) in [4.78, 5) is 0. The van der Waals surface area contributed by atoms with E-state index in [9.17, 15) is 0 Å². The van der Waals surface area contributed by atoms with E-state index in [1.807, 2.05) is 0 Å². The van der Waals surface area contributed by atoms with Crippen molar-refractivity contribution in [1.82, 2.24) is 5.32 Å². The third kappa shape index (κ3) is 2.69. The van der Waals surface area contributed by atoms with Crippen LogP contribution in [-0.2, 0) is 9.47 Å². The first kappa shape index (κ1) is 10.4. The van der Waals surface area contributed by atoms with Crippen LogP contribution in [0.2, 0.25) is 0 Å². The van der Waals surface area contributed by atoms with Crippen molar-refractivity contribution >= 4 is 0 Å². The van der Waals surface area contributed by atoms with Crippen LogP contribution in [0.5, 0.6) is 0 Å². The van der Waals surface area contributed by atoms with E-state index < -0.39 is 0 Å².